The number of nitro groups is 1. The molecular formula is C13H10F3N3O2. The molecule has 1 aliphatic rings. The molecule has 0 aliphatic heterocycles. The van der Waals surface area contributed by atoms with Crippen LogP contribution in [0.1, 0.15) is 12.8 Å². The Balaban J connectivity index is 2.09. The third-order valence-electron chi connectivity index (χ3n) is 3.66. The van der Waals surface area contributed by atoms with E-state index in [0.29, 0.717) is 5.39 Å². The van der Waals surface area contributed by atoms with Crippen molar-refractivity contribution in [1.82, 2.24) is 4.98 Å². The van der Waals surface area contributed by atoms with E-state index in [9.17, 15) is 23.3 Å². The molecule has 0 unspecified atom stereocenters. The van der Waals surface area contributed by atoms with E-state index < -0.39 is 16.6 Å². The largest absolute Gasteiger partial charge is 0.411 e. The van der Waals surface area contributed by atoms with Crippen LogP contribution in [0.3, 0.4) is 0 Å². The number of halogens is 3. The highest BCUT2D eigenvalue weighted by Crippen LogP contribution is 2.52. The predicted octanol–water partition coefficient (Wildman–Crippen LogP) is 3.65. The first-order valence-corrected chi connectivity index (χ1v) is 6.20. The molecule has 0 radical (unpaired) electrons. The van der Waals surface area contributed by atoms with E-state index >= 15 is 0 Å². The molecule has 3 rings (SSSR count). The Kier molecular flexibility index (Phi) is 2.79. The molecule has 1 N–H and O–H groups in total. The van der Waals surface area contributed by atoms with Crippen LogP contribution >= 0.6 is 0 Å². The maximum atomic E-state index is 13.0. The molecule has 2 aromatic rings. The van der Waals surface area contributed by atoms with Crippen molar-refractivity contribution in [1.29, 1.82) is 0 Å². The highest BCUT2D eigenvalue weighted by Gasteiger charge is 2.63. The number of anilines is 1. The van der Waals surface area contributed by atoms with Crippen molar-refractivity contribution in [2.45, 2.75) is 24.6 Å². The fourth-order valence-electron chi connectivity index (χ4n) is 2.30. The molecule has 0 amide bonds. The van der Waals surface area contributed by atoms with Gasteiger partial charge in [0.1, 0.15) is 5.54 Å². The fraction of sp³-hybridized carbons (Fsp3) is 0.308. The average molecular weight is 297 g/mol. The summed E-state index contributed by atoms with van der Waals surface area (Å²) in [6, 6.07) is 3.93. The molecule has 110 valence electrons. The second kappa shape index (κ2) is 4.31. The van der Waals surface area contributed by atoms with Crippen molar-refractivity contribution < 1.29 is 18.1 Å². The molecule has 21 heavy (non-hydrogen) atoms. The van der Waals surface area contributed by atoms with E-state index in [1.807, 2.05) is 0 Å². The number of hydrogen-bond donors (Lipinski definition) is 1. The number of non-ortho nitro benzene ring substituents is 1. The monoisotopic (exact) mass is 297 g/mol. The van der Waals surface area contributed by atoms with Gasteiger partial charge in [-0.3, -0.25) is 15.1 Å². The van der Waals surface area contributed by atoms with Crippen molar-refractivity contribution in [2.75, 3.05) is 5.32 Å². The molecule has 0 spiro atoms. The topological polar surface area (TPSA) is 68.1 Å². The first-order valence-electron chi connectivity index (χ1n) is 6.20. The quantitative estimate of drug-likeness (QED) is 0.693. The smallest absolute Gasteiger partial charge is 0.371 e. The van der Waals surface area contributed by atoms with Crippen LogP contribution in [0.15, 0.2) is 30.6 Å². The first kappa shape index (κ1) is 13.6. The molecule has 0 atom stereocenters. The summed E-state index contributed by atoms with van der Waals surface area (Å²) in [6.45, 7) is 0. The van der Waals surface area contributed by atoms with Gasteiger partial charge in [-0.1, -0.05) is 0 Å². The number of fused-ring (bicyclic) bond motifs is 1. The van der Waals surface area contributed by atoms with Crippen LogP contribution in [0, 0.1) is 10.1 Å². The van der Waals surface area contributed by atoms with E-state index in [0.717, 1.165) is 0 Å². The van der Waals surface area contributed by atoms with E-state index in [4.69, 9.17) is 0 Å². The third kappa shape index (κ3) is 2.16. The summed E-state index contributed by atoms with van der Waals surface area (Å²) in [5.41, 5.74) is -1.88. The minimum absolute atomic E-state index is 0.00472. The lowest BCUT2D eigenvalue weighted by molar-refractivity contribution is -0.383. The second-order valence-electron chi connectivity index (χ2n) is 5.02. The minimum atomic E-state index is -4.36. The van der Waals surface area contributed by atoms with Gasteiger partial charge in [-0.15, -0.1) is 0 Å². The van der Waals surface area contributed by atoms with Gasteiger partial charge in [0.15, 0.2) is 0 Å². The lowest BCUT2D eigenvalue weighted by Gasteiger charge is -2.22. The molecule has 5 nitrogen and oxygen atoms in total. The van der Waals surface area contributed by atoms with Crippen LogP contribution in [-0.2, 0) is 0 Å². The van der Waals surface area contributed by atoms with E-state index in [1.54, 1.807) is 0 Å². The second-order valence-corrected chi connectivity index (χ2v) is 5.02. The Hall–Kier alpha value is -2.38. The summed E-state index contributed by atoms with van der Waals surface area (Å²) in [5.74, 6) is 0. The summed E-state index contributed by atoms with van der Waals surface area (Å²) in [7, 11) is 0. The zero-order valence-corrected chi connectivity index (χ0v) is 10.6. The van der Waals surface area contributed by atoms with Crippen molar-refractivity contribution in [3.8, 4) is 0 Å². The summed E-state index contributed by atoms with van der Waals surface area (Å²) < 4.78 is 39.0. The number of benzene rings is 1. The number of pyridine rings is 1. The van der Waals surface area contributed by atoms with Gasteiger partial charge in [0, 0.05) is 29.5 Å². The standard InChI is InChI=1S/C13H10F3N3O2/c14-13(15,16)12(4-5-12)18-10-1-2-11(19(20)21)8-3-6-17-7-9(8)10/h1-3,6-7,18H,4-5H2. The highest BCUT2D eigenvalue weighted by atomic mass is 19.4. The molecule has 1 aromatic carbocycles. The van der Waals surface area contributed by atoms with Crippen LogP contribution in [0.5, 0.6) is 0 Å². The summed E-state index contributed by atoms with van der Waals surface area (Å²) in [5, 5.41) is 14.0. The Bertz CT molecular complexity index is 726. The van der Waals surface area contributed by atoms with Crippen molar-refractivity contribution in [2.24, 2.45) is 0 Å². The Morgan fingerprint density at radius 2 is 1.95 bits per heavy atom. The number of nitrogens with zero attached hydrogens (tertiary/aromatic N) is 2. The lowest BCUT2D eigenvalue weighted by Crippen LogP contribution is -2.38. The number of rotatable bonds is 3. The predicted molar refractivity (Wildman–Crippen MR) is 70.0 cm³/mol. The molecular weight excluding hydrogens is 287 g/mol. The number of alkyl halides is 3. The van der Waals surface area contributed by atoms with Crippen LogP contribution in [0.4, 0.5) is 24.5 Å². The Morgan fingerprint density at radius 1 is 1.24 bits per heavy atom. The van der Waals surface area contributed by atoms with E-state index in [-0.39, 0.29) is 29.6 Å². The number of nitrogens with one attached hydrogen (secondary N) is 1. The van der Waals surface area contributed by atoms with Crippen LogP contribution in [0.25, 0.3) is 10.8 Å². The molecule has 1 heterocycles. The molecule has 0 saturated heterocycles. The van der Waals surface area contributed by atoms with Crippen molar-refractivity contribution >= 4 is 22.1 Å². The molecule has 1 fully saturated rings. The normalized spacial score (nSPS) is 16.7. The molecule has 0 bridgehead atoms. The first-order chi connectivity index (χ1) is 9.84. The van der Waals surface area contributed by atoms with Gasteiger partial charge in [0.05, 0.1) is 10.3 Å². The van der Waals surface area contributed by atoms with E-state index in [1.165, 1.54) is 30.6 Å². The van der Waals surface area contributed by atoms with Gasteiger partial charge < -0.3 is 5.32 Å². The van der Waals surface area contributed by atoms with Gasteiger partial charge in [0.2, 0.25) is 0 Å². The number of hydrogen-bond acceptors (Lipinski definition) is 4. The van der Waals surface area contributed by atoms with Gasteiger partial charge in [0.25, 0.3) is 5.69 Å². The van der Waals surface area contributed by atoms with Crippen molar-refractivity contribution in [3.63, 3.8) is 0 Å². The molecule has 1 aromatic heterocycles. The van der Waals surface area contributed by atoms with Crippen LogP contribution in [0.2, 0.25) is 0 Å². The van der Waals surface area contributed by atoms with Gasteiger partial charge in [-0.25, -0.2) is 0 Å². The lowest BCUT2D eigenvalue weighted by atomic mass is 10.1. The van der Waals surface area contributed by atoms with E-state index in [2.05, 4.69) is 10.3 Å². The average Bonchev–Trinajstić information content (AvgIpc) is 3.19. The zero-order chi connectivity index (χ0) is 15.3. The Labute approximate surface area is 116 Å². The molecule has 1 saturated carbocycles. The van der Waals surface area contributed by atoms with Gasteiger partial charge in [-0.2, -0.15) is 13.2 Å². The summed E-state index contributed by atoms with van der Waals surface area (Å²) in [4.78, 5) is 14.2. The van der Waals surface area contributed by atoms with Crippen molar-refractivity contribution in [3.05, 3.63) is 40.7 Å². The zero-order valence-electron chi connectivity index (χ0n) is 10.6. The maximum Gasteiger partial charge on any atom is 0.411 e. The maximum absolute atomic E-state index is 13.0. The molecule has 8 heteroatoms. The molecule has 1 aliphatic carbocycles. The summed E-state index contributed by atoms with van der Waals surface area (Å²) >= 11 is 0. The minimum Gasteiger partial charge on any atom is -0.371 e. The Morgan fingerprint density at radius 3 is 2.52 bits per heavy atom. The fourth-order valence-corrected chi connectivity index (χ4v) is 2.30. The van der Waals surface area contributed by atoms with Gasteiger partial charge >= 0.3 is 6.18 Å². The summed E-state index contributed by atoms with van der Waals surface area (Å²) in [6.07, 6.45) is -1.67. The van der Waals surface area contributed by atoms with Crippen LogP contribution < -0.4 is 5.32 Å². The van der Waals surface area contributed by atoms with Gasteiger partial charge in [-0.05, 0) is 25.0 Å². The van der Waals surface area contributed by atoms with Crippen LogP contribution in [-0.4, -0.2) is 21.6 Å². The highest BCUT2D eigenvalue weighted by molar-refractivity contribution is 5.99. The number of aromatic nitrogens is 1. The third-order valence-corrected chi connectivity index (χ3v) is 3.66. The number of nitro benzene ring substituents is 1. The SMILES string of the molecule is O=[N+]([O-])c1ccc(NC2(C(F)(F)F)CC2)c2cnccc12.